The molecular weight excluding hydrogens is 285 g/mol. The molecule has 0 aromatic carbocycles. The minimum atomic E-state index is -4.24. The first-order valence-electron chi connectivity index (χ1n) is 7.48. The number of ether oxygens (including phenoxy) is 1. The van der Waals surface area contributed by atoms with E-state index in [1.54, 1.807) is 0 Å². The molecule has 0 radical (unpaired) electrons. The second kappa shape index (κ2) is 6.52. The lowest BCUT2D eigenvalue weighted by molar-refractivity contribution is -0.164. The number of carbonyl (C=O) groups excluding carboxylic acids is 1. The van der Waals surface area contributed by atoms with Crippen molar-refractivity contribution >= 4 is 5.91 Å². The van der Waals surface area contributed by atoms with Gasteiger partial charge in [0.05, 0.1) is 6.42 Å². The minimum absolute atomic E-state index is 0.266. The summed E-state index contributed by atoms with van der Waals surface area (Å²) in [6.45, 7) is 1.46. The standard InChI is InChI=1S/C14H23F3N2O2/c1-21-13(4-7-18-8-5-13)12(20)19(10-11-2-3-11)9-6-14(15,16)17/h11,18H,2-10H2,1H3. The van der Waals surface area contributed by atoms with Crippen LogP contribution in [0.4, 0.5) is 13.2 Å². The van der Waals surface area contributed by atoms with Crippen LogP contribution in [0.1, 0.15) is 32.1 Å². The molecule has 1 amide bonds. The van der Waals surface area contributed by atoms with E-state index in [2.05, 4.69) is 5.32 Å². The second-order valence-electron chi connectivity index (χ2n) is 6.01. The van der Waals surface area contributed by atoms with Crippen LogP contribution in [-0.2, 0) is 9.53 Å². The highest BCUT2D eigenvalue weighted by Crippen LogP contribution is 2.33. The number of nitrogens with zero attached hydrogens (tertiary/aromatic N) is 1. The van der Waals surface area contributed by atoms with Crippen LogP contribution in [0.3, 0.4) is 0 Å². The maximum atomic E-state index is 12.7. The van der Waals surface area contributed by atoms with E-state index in [4.69, 9.17) is 4.74 Å². The van der Waals surface area contributed by atoms with Gasteiger partial charge in [-0.15, -0.1) is 0 Å². The summed E-state index contributed by atoms with van der Waals surface area (Å²) in [5, 5.41) is 3.15. The Morgan fingerprint density at radius 1 is 1.33 bits per heavy atom. The van der Waals surface area contributed by atoms with Crippen LogP contribution in [0.5, 0.6) is 0 Å². The van der Waals surface area contributed by atoms with Crippen LogP contribution in [0.2, 0.25) is 0 Å². The first kappa shape index (κ1) is 16.5. The zero-order valence-corrected chi connectivity index (χ0v) is 12.3. The lowest BCUT2D eigenvalue weighted by Gasteiger charge is -2.39. The summed E-state index contributed by atoms with van der Waals surface area (Å²) >= 11 is 0. The molecule has 1 saturated heterocycles. The highest BCUT2D eigenvalue weighted by molar-refractivity contribution is 5.85. The normalized spacial score (nSPS) is 22.1. The fraction of sp³-hybridized carbons (Fsp3) is 0.929. The van der Waals surface area contributed by atoms with Gasteiger partial charge in [-0.3, -0.25) is 4.79 Å². The molecule has 2 rings (SSSR count). The molecule has 0 aromatic heterocycles. The predicted octanol–water partition coefficient (Wildman–Crippen LogP) is 1.95. The molecule has 1 aliphatic heterocycles. The molecule has 2 aliphatic rings. The van der Waals surface area contributed by atoms with Gasteiger partial charge in [0.1, 0.15) is 5.60 Å². The fourth-order valence-electron chi connectivity index (χ4n) is 2.77. The quantitative estimate of drug-likeness (QED) is 0.815. The lowest BCUT2D eigenvalue weighted by Crippen LogP contribution is -2.56. The molecule has 1 N–H and O–H groups in total. The molecule has 0 bridgehead atoms. The molecule has 122 valence electrons. The molecule has 4 nitrogen and oxygen atoms in total. The average molecular weight is 308 g/mol. The highest BCUT2D eigenvalue weighted by atomic mass is 19.4. The number of hydrogen-bond acceptors (Lipinski definition) is 3. The van der Waals surface area contributed by atoms with Gasteiger partial charge in [0.15, 0.2) is 0 Å². The summed E-state index contributed by atoms with van der Waals surface area (Å²) in [5.74, 6) is 0.0838. The first-order chi connectivity index (χ1) is 9.86. The zero-order chi connectivity index (χ0) is 15.5. The third kappa shape index (κ3) is 4.57. The number of methoxy groups -OCH3 is 1. The van der Waals surface area contributed by atoms with E-state index in [9.17, 15) is 18.0 Å². The number of rotatable bonds is 6. The highest BCUT2D eigenvalue weighted by Gasteiger charge is 2.44. The topological polar surface area (TPSA) is 41.6 Å². The molecule has 1 heterocycles. The lowest BCUT2D eigenvalue weighted by atomic mass is 9.90. The van der Waals surface area contributed by atoms with E-state index in [1.165, 1.54) is 12.0 Å². The SMILES string of the molecule is COC1(C(=O)N(CCC(F)(F)F)CC2CC2)CCNCC1. The molecule has 21 heavy (non-hydrogen) atoms. The number of carbonyl (C=O) groups is 1. The van der Waals surface area contributed by atoms with Crippen molar-refractivity contribution in [2.45, 2.75) is 43.9 Å². The molecule has 7 heteroatoms. The van der Waals surface area contributed by atoms with E-state index in [1.807, 2.05) is 0 Å². The van der Waals surface area contributed by atoms with Crippen molar-refractivity contribution in [1.82, 2.24) is 10.2 Å². The van der Waals surface area contributed by atoms with E-state index >= 15 is 0 Å². The number of nitrogens with one attached hydrogen (secondary N) is 1. The number of hydrogen-bond donors (Lipinski definition) is 1. The largest absolute Gasteiger partial charge is 0.390 e. The van der Waals surface area contributed by atoms with Crippen LogP contribution in [0.15, 0.2) is 0 Å². The Morgan fingerprint density at radius 2 is 1.95 bits per heavy atom. The molecule has 0 atom stereocenters. The fourth-order valence-corrected chi connectivity index (χ4v) is 2.77. The maximum Gasteiger partial charge on any atom is 0.390 e. The van der Waals surface area contributed by atoms with Gasteiger partial charge in [-0.05, 0) is 44.7 Å². The molecule has 1 aliphatic carbocycles. The van der Waals surface area contributed by atoms with Crippen LogP contribution in [-0.4, -0.2) is 55.9 Å². The van der Waals surface area contributed by atoms with Crippen molar-refractivity contribution in [3.63, 3.8) is 0 Å². The third-order valence-electron chi connectivity index (χ3n) is 4.32. The molecule has 1 saturated carbocycles. The Balaban J connectivity index is 2.04. The minimum Gasteiger partial charge on any atom is -0.368 e. The van der Waals surface area contributed by atoms with Gasteiger partial charge < -0.3 is 15.0 Å². The Hall–Kier alpha value is -0.820. The van der Waals surface area contributed by atoms with Crippen molar-refractivity contribution < 1.29 is 22.7 Å². The van der Waals surface area contributed by atoms with Crippen LogP contribution in [0, 0.1) is 5.92 Å². The molecule has 0 spiro atoms. The second-order valence-corrected chi connectivity index (χ2v) is 6.01. The number of alkyl halides is 3. The summed E-state index contributed by atoms with van der Waals surface area (Å²) in [7, 11) is 1.47. The van der Waals surface area contributed by atoms with Crippen molar-refractivity contribution in [2.75, 3.05) is 33.3 Å². The van der Waals surface area contributed by atoms with Gasteiger partial charge in [0.25, 0.3) is 5.91 Å². The van der Waals surface area contributed by atoms with Gasteiger partial charge in [-0.1, -0.05) is 0 Å². The van der Waals surface area contributed by atoms with E-state index in [0.717, 1.165) is 12.8 Å². The maximum absolute atomic E-state index is 12.7. The van der Waals surface area contributed by atoms with E-state index < -0.39 is 18.2 Å². The molecular formula is C14H23F3N2O2. The number of piperidine rings is 1. The number of amides is 1. The van der Waals surface area contributed by atoms with Gasteiger partial charge in [0.2, 0.25) is 0 Å². The monoisotopic (exact) mass is 308 g/mol. The van der Waals surface area contributed by atoms with Crippen molar-refractivity contribution in [3.05, 3.63) is 0 Å². The van der Waals surface area contributed by atoms with Crippen molar-refractivity contribution in [3.8, 4) is 0 Å². The van der Waals surface area contributed by atoms with Gasteiger partial charge in [0, 0.05) is 20.2 Å². The predicted molar refractivity (Wildman–Crippen MR) is 71.8 cm³/mol. The average Bonchev–Trinajstić information content (AvgIpc) is 3.26. The Labute approximate surface area is 123 Å². The van der Waals surface area contributed by atoms with E-state index in [-0.39, 0.29) is 12.5 Å². The molecule has 2 fully saturated rings. The van der Waals surface area contributed by atoms with E-state index in [0.29, 0.717) is 38.4 Å². The summed E-state index contributed by atoms with van der Waals surface area (Å²) < 4.78 is 42.9. The van der Waals surface area contributed by atoms with Crippen LogP contribution >= 0.6 is 0 Å². The van der Waals surface area contributed by atoms with Gasteiger partial charge >= 0.3 is 6.18 Å². The zero-order valence-electron chi connectivity index (χ0n) is 12.3. The first-order valence-corrected chi connectivity index (χ1v) is 7.48. The van der Waals surface area contributed by atoms with Crippen molar-refractivity contribution in [1.29, 1.82) is 0 Å². The van der Waals surface area contributed by atoms with Crippen LogP contribution in [0.25, 0.3) is 0 Å². The summed E-state index contributed by atoms with van der Waals surface area (Å²) in [4.78, 5) is 14.1. The third-order valence-corrected chi connectivity index (χ3v) is 4.32. The molecule has 0 unspecified atom stereocenters. The van der Waals surface area contributed by atoms with Gasteiger partial charge in [-0.2, -0.15) is 13.2 Å². The van der Waals surface area contributed by atoms with Crippen molar-refractivity contribution in [2.24, 2.45) is 5.92 Å². The summed E-state index contributed by atoms with van der Waals surface area (Å²) in [5.41, 5.74) is -0.953. The number of halogens is 3. The van der Waals surface area contributed by atoms with Crippen LogP contribution < -0.4 is 5.32 Å². The Kier molecular flexibility index (Phi) is 5.14. The molecule has 0 aromatic rings. The Morgan fingerprint density at radius 3 is 2.43 bits per heavy atom. The summed E-state index contributed by atoms with van der Waals surface area (Å²) in [6, 6.07) is 0. The Bertz CT molecular complexity index is 364. The summed E-state index contributed by atoms with van der Waals surface area (Å²) in [6.07, 6.45) is -2.18. The smallest absolute Gasteiger partial charge is 0.368 e. The van der Waals surface area contributed by atoms with Gasteiger partial charge in [-0.25, -0.2) is 0 Å².